The van der Waals surface area contributed by atoms with Gasteiger partial charge in [-0.3, -0.25) is 4.79 Å². The lowest BCUT2D eigenvalue weighted by Gasteiger charge is -2.37. The van der Waals surface area contributed by atoms with Crippen LogP contribution in [0.3, 0.4) is 0 Å². The molecule has 0 aromatic heterocycles. The first kappa shape index (κ1) is 15.2. The number of aliphatic hydroxyl groups is 1. The fourth-order valence-electron chi connectivity index (χ4n) is 1.28. The Balaban J connectivity index is 2.68. The minimum atomic E-state index is -1.00. The number of nitrogen functional groups attached to an aromatic ring is 1. The molecule has 0 heterocycles. The Morgan fingerprint density at radius 1 is 1.21 bits per heavy atom. The molecule has 0 unspecified atom stereocenters. The average Bonchev–Trinajstić information content (AvgIpc) is 2.26. The van der Waals surface area contributed by atoms with Crippen LogP contribution in [0, 0.1) is 0 Å². The molecule has 0 saturated carbocycles. The molecule has 0 atom stereocenters. The highest BCUT2D eigenvalue weighted by Gasteiger charge is 2.35. The van der Waals surface area contributed by atoms with Crippen LogP contribution in [0.5, 0.6) is 0 Å². The van der Waals surface area contributed by atoms with Crippen LogP contribution in [0.15, 0.2) is 30.3 Å². The van der Waals surface area contributed by atoms with Crippen molar-refractivity contribution >= 4 is 17.7 Å². The molecule has 1 aromatic rings. The van der Waals surface area contributed by atoms with Gasteiger partial charge in [-0.2, -0.15) is 0 Å². The summed E-state index contributed by atoms with van der Waals surface area (Å²) in [6.45, 7) is 6.89. The number of anilines is 1. The molecule has 1 aromatic carbocycles. The van der Waals surface area contributed by atoms with Gasteiger partial charge in [0.05, 0.1) is 11.1 Å². The van der Waals surface area contributed by atoms with E-state index < -0.39 is 11.1 Å². The minimum Gasteiger partial charge on any atom is -0.399 e. The molecule has 0 aliphatic carbocycles. The van der Waals surface area contributed by atoms with Crippen LogP contribution in [0.4, 0.5) is 5.69 Å². The number of rotatable bonds is 4. The molecule has 0 bridgehead atoms. The molecule has 0 spiro atoms. The van der Waals surface area contributed by atoms with Gasteiger partial charge in [-0.1, -0.05) is 12.1 Å². The van der Waals surface area contributed by atoms with Crippen molar-refractivity contribution in [1.82, 2.24) is 5.32 Å². The Hall–Kier alpha value is -1.81. The van der Waals surface area contributed by atoms with Crippen LogP contribution >= 0.6 is 0 Å². The van der Waals surface area contributed by atoms with Crippen molar-refractivity contribution in [1.29, 1.82) is 0 Å². The first-order valence-corrected chi connectivity index (χ1v) is 6.20. The molecule has 4 nitrogen and oxygen atoms in total. The molecule has 19 heavy (non-hydrogen) atoms. The number of hydrogen-bond acceptors (Lipinski definition) is 3. The fraction of sp³-hybridized carbons (Fsp3) is 0.400. The van der Waals surface area contributed by atoms with Crippen molar-refractivity contribution < 1.29 is 9.90 Å². The maximum atomic E-state index is 11.8. The summed E-state index contributed by atoms with van der Waals surface area (Å²) in [4.78, 5) is 11.8. The minimum absolute atomic E-state index is 0.246. The highest BCUT2D eigenvalue weighted by atomic mass is 16.3. The molecule has 4 heteroatoms. The van der Waals surface area contributed by atoms with Crippen LogP contribution in [0.25, 0.3) is 6.08 Å². The van der Waals surface area contributed by atoms with Gasteiger partial charge in [0, 0.05) is 11.8 Å². The molecule has 4 N–H and O–H groups in total. The normalized spacial score (nSPS) is 12.7. The molecule has 0 aliphatic heterocycles. The molecular weight excluding hydrogens is 240 g/mol. The van der Waals surface area contributed by atoms with E-state index in [1.54, 1.807) is 45.9 Å². The lowest BCUT2D eigenvalue weighted by Crippen LogP contribution is -2.57. The maximum Gasteiger partial charge on any atom is 0.244 e. The van der Waals surface area contributed by atoms with E-state index in [2.05, 4.69) is 5.32 Å². The van der Waals surface area contributed by atoms with Crippen LogP contribution in [0.1, 0.15) is 33.3 Å². The molecule has 1 amide bonds. The number of carbonyl (C=O) groups is 1. The largest absolute Gasteiger partial charge is 0.399 e. The maximum absolute atomic E-state index is 11.8. The number of benzene rings is 1. The van der Waals surface area contributed by atoms with Gasteiger partial charge < -0.3 is 16.2 Å². The Morgan fingerprint density at radius 2 is 1.74 bits per heavy atom. The van der Waals surface area contributed by atoms with E-state index in [4.69, 9.17) is 5.73 Å². The number of nitrogens with one attached hydrogen (secondary N) is 1. The molecular formula is C15H22N2O2. The van der Waals surface area contributed by atoms with Crippen LogP contribution in [0.2, 0.25) is 0 Å². The summed E-state index contributed by atoms with van der Waals surface area (Å²) in [6.07, 6.45) is 3.15. The number of hydrogen-bond donors (Lipinski definition) is 3. The predicted octanol–water partition coefficient (Wildman–Crippen LogP) is 1.95. The SMILES string of the molecule is CC(C)(O)C(C)(C)NC(=O)/C=C/c1ccc(N)cc1. The topological polar surface area (TPSA) is 75.3 Å². The third-order valence-electron chi connectivity index (χ3n) is 3.33. The first-order chi connectivity index (χ1) is 8.62. The zero-order chi connectivity index (χ0) is 14.7. The monoisotopic (exact) mass is 262 g/mol. The standard InChI is InChI=1S/C15H22N2O2/c1-14(2,15(3,4)19)17-13(18)10-7-11-5-8-12(16)9-6-11/h5-10,19H,16H2,1-4H3,(H,17,18)/b10-7+. The molecule has 0 saturated heterocycles. The molecule has 1 rings (SSSR count). The molecule has 0 radical (unpaired) electrons. The average molecular weight is 262 g/mol. The first-order valence-electron chi connectivity index (χ1n) is 6.20. The predicted molar refractivity (Wildman–Crippen MR) is 78.4 cm³/mol. The van der Waals surface area contributed by atoms with E-state index in [0.29, 0.717) is 5.69 Å². The van der Waals surface area contributed by atoms with Crippen molar-refractivity contribution in [2.45, 2.75) is 38.8 Å². The third-order valence-corrected chi connectivity index (χ3v) is 3.33. The summed E-state index contributed by atoms with van der Waals surface area (Å²) in [6, 6.07) is 7.22. The van der Waals surface area contributed by atoms with E-state index >= 15 is 0 Å². The smallest absolute Gasteiger partial charge is 0.244 e. The summed E-state index contributed by atoms with van der Waals surface area (Å²) in [5.74, 6) is -0.246. The Labute approximate surface area is 114 Å². The second-order valence-electron chi connectivity index (χ2n) is 5.67. The Morgan fingerprint density at radius 3 is 2.21 bits per heavy atom. The van der Waals surface area contributed by atoms with Crippen LogP contribution in [-0.4, -0.2) is 22.2 Å². The fourth-order valence-corrected chi connectivity index (χ4v) is 1.28. The van der Waals surface area contributed by atoms with E-state index in [-0.39, 0.29) is 5.91 Å². The van der Waals surface area contributed by atoms with Gasteiger partial charge >= 0.3 is 0 Å². The van der Waals surface area contributed by atoms with Gasteiger partial charge in [0.2, 0.25) is 5.91 Å². The third kappa shape index (κ3) is 4.41. The zero-order valence-corrected chi connectivity index (χ0v) is 11.9. The van der Waals surface area contributed by atoms with Crippen molar-refractivity contribution in [2.24, 2.45) is 0 Å². The Bertz CT molecular complexity index is 468. The van der Waals surface area contributed by atoms with Crippen molar-refractivity contribution in [3.63, 3.8) is 0 Å². The van der Waals surface area contributed by atoms with Gasteiger partial charge in [-0.25, -0.2) is 0 Å². The lowest BCUT2D eigenvalue weighted by molar-refractivity contribution is -0.121. The number of amides is 1. The molecule has 0 fully saturated rings. The number of carbonyl (C=O) groups excluding carboxylic acids is 1. The van der Waals surface area contributed by atoms with Gasteiger partial charge in [-0.15, -0.1) is 0 Å². The second kappa shape index (κ2) is 5.45. The second-order valence-corrected chi connectivity index (χ2v) is 5.67. The van der Waals surface area contributed by atoms with Crippen molar-refractivity contribution in [2.75, 3.05) is 5.73 Å². The summed E-state index contributed by atoms with van der Waals surface area (Å²) >= 11 is 0. The van der Waals surface area contributed by atoms with Crippen LogP contribution in [-0.2, 0) is 4.79 Å². The quantitative estimate of drug-likeness (QED) is 0.573. The van der Waals surface area contributed by atoms with E-state index in [1.807, 2.05) is 12.1 Å². The summed E-state index contributed by atoms with van der Waals surface area (Å²) in [5, 5.41) is 12.7. The molecule has 0 aliphatic rings. The van der Waals surface area contributed by atoms with Crippen molar-refractivity contribution in [3.8, 4) is 0 Å². The van der Waals surface area contributed by atoms with Crippen molar-refractivity contribution in [3.05, 3.63) is 35.9 Å². The lowest BCUT2D eigenvalue weighted by atomic mass is 9.86. The Kier molecular flexibility index (Phi) is 4.37. The van der Waals surface area contributed by atoms with Gasteiger partial charge in [-0.05, 0) is 51.5 Å². The highest BCUT2D eigenvalue weighted by molar-refractivity contribution is 5.92. The summed E-state index contributed by atoms with van der Waals surface area (Å²) in [7, 11) is 0. The number of nitrogens with two attached hydrogens (primary N) is 1. The summed E-state index contributed by atoms with van der Waals surface area (Å²) in [5.41, 5.74) is 5.45. The van der Waals surface area contributed by atoms with Gasteiger partial charge in [0.15, 0.2) is 0 Å². The zero-order valence-electron chi connectivity index (χ0n) is 11.9. The van der Waals surface area contributed by atoms with Gasteiger partial charge in [0.25, 0.3) is 0 Å². The van der Waals surface area contributed by atoms with E-state index in [1.165, 1.54) is 6.08 Å². The van der Waals surface area contributed by atoms with E-state index in [9.17, 15) is 9.90 Å². The summed E-state index contributed by atoms with van der Waals surface area (Å²) < 4.78 is 0. The van der Waals surface area contributed by atoms with E-state index in [0.717, 1.165) is 5.56 Å². The molecule has 104 valence electrons. The highest BCUT2D eigenvalue weighted by Crippen LogP contribution is 2.20. The van der Waals surface area contributed by atoms with Crippen LogP contribution < -0.4 is 11.1 Å². The van der Waals surface area contributed by atoms with Gasteiger partial charge in [0.1, 0.15) is 0 Å².